The van der Waals surface area contributed by atoms with Crippen LogP contribution in [-0.4, -0.2) is 23.0 Å². The lowest BCUT2D eigenvalue weighted by molar-refractivity contribution is -0.115. The molecule has 0 unspecified atom stereocenters. The molecule has 0 atom stereocenters. The molecule has 0 radical (unpaired) electrons. The Morgan fingerprint density at radius 2 is 1.78 bits per heavy atom. The van der Waals surface area contributed by atoms with E-state index in [-0.39, 0.29) is 24.4 Å². The van der Waals surface area contributed by atoms with Gasteiger partial charge in [-0.15, -0.1) is 0 Å². The molecule has 1 N–H and O–H groups in total. The van der Waals surface area contributed by atoms with E-state index < -0.39 is 0 Å². The van der Waals surface area contributed by atoms with Gasteiger partial charge in [-0.05, 0) is 50.2 Å². The van der Waals surface area contributed by atoms with Crippen molar-refractivity contribution < 1.29 is 18.7 Å². The van der Waals surface area contributed by atoms with Crippen molar-refractivity contribution in [3.05, 3.63) is 72.1 Å². The van der Waals surface area contributed by atoms with Crippen molar-refractivity contribution in [3.63, 3.8) is 0 Å². The fourth-order valence-corrected chi connectivity index (χ4v) is 2.44. The number of nitrogens with zero attached hydrogens (tertiary/aromatic N) is 1. The number of esters is 1. The standard InChI is InChI=1S/C21H20N2O4/c1-14(2)27-21(25)16-8-10-17(11-9-16)22-19(24)12-18-13-26-20(23-18)15-6-4-3-5-7-15/h3-11,13-14H,12H2,1-2H3,(H,22,24). The zero-order chi connectivity index (χ0) is 19.2. The molecule has 0 aliphatic carbocycles. The van der Waals surface area contributed by atoms with Gasteiger partial charge in [-0.2, -0.15) is 0 Å². The van der Waals surface area contributed by atoms with E-state index in [1.807, 2.05) is 30.3 Å². The van der Waals surface area contributed by atoms with Crippen LogP contribution in [-0.2, 0) is 16.0 Å². The van der Waals surface area contributed by atoms with Gasteiger partial charge in [0.1, 0.15) is 6.26 Å². The number of amides is 1. The molecule has 0 bridgehead atoms. The van der Waals surface area contributed by atoms with Crippen LogP contribution >= 0.6 is 0 Å². The van der Waals surface area contributed by atoms with Crippen LogP contribution in [0.4, 0.5) is 5.69 Å². The van der Waals surface area contributed by atoms with Crippen LogP contribution in [0.25, 0.3) is 11.5 Å². The monoisotopic (exact) mass is 364 g/mol. The lowest BCUT2D eigenvalue weighted by Gasteiger charge is -2.08. The first-order chi connectivity index (χ1) is 13.0. The third-order valence-corrected chi connectivity index (χ3v) is 3.66. The number of nitrogens with one attached hydrogen (secondary N) is 1. The summed E-state index contributed by atoms with van der Waals surface area (Å²) in [5.74, 6) is -0.134. The molecule has 6 nitrogen and oxygen atoms in total. The molecule has 0 spiro atoms. The van der Waals surface area contributed by atoms with Crippen LogP contribution in [0.5, 0.6) is 0 Å². The van der Waals surface area contributed by atoms with Crippen molar-refractivity contribution in [1.29, 1.82) is 0 Å². The highest BCUT2D eigenvalue weighted by molar-refractivity contribution is 5.93. The number of anilines is 1. The molecule has 27 heavy (non-hydrogen) atoms. The fourth-order valence-electron chi connectivity index (χ4n) is 2.44. The second-order valence-electron chi connectivity index (χ2n) is 6.27. The minimum Gasteiger partial charge on any atom is -0.459 e. The summed E-state index contributed by atoms with van der Waals surface area (Å²) in [6.07, 6.45) is 1.39. The van der Waals surface area contributed by atoms with Crippen LogP contribution in [0.2, 0.25) is 0 Å². The van der Waals surface area contributed by atoms with E-state index in [9.17, 15) is 9.59 Å². The number of carbonyl (C=O) groups excluding carboxylic acids is 2. The molecule has 1 amide bonds. The van der Waals surface area contributed by atoms with Crippen molar-refractivity contribution in [3.8, 4) is 11.5 Å². The van der Waals surface area contributed by atoms with E-state index in [1.54, 1.807) is 38.1 Å². The summed E-state index contributed by atoms with van der Waals surface area (Å²) in [7, 11) is 0. The Morgan fingerprint density at radius 1 is 1.07 bits per heavy atom. The van der Waals surface area contributed by atoms with Gasteiger partial charge in [0, 0.05) is 11.3 Å². The first kappa shape index (κ1) is 18.4. The molecule has 0 aliphatic rings. The smallest absolute Gasteiger partial charge is 0.338 e. The average molecular weight is 364 g/mol. The van der Waals surface area contributed by atoms with Gasteiger partial charge in [0.15, 0.2) is 0 Å². The number of oxazole rings is 1. The Hall–Kier alpha value is -3.41. The van der Waals surface area contributed by atoms with Crippen molar-refractivity contribution in [2.45, 2.75) is 26.4 Å². The van der Waals surface area contributed by atoms with Crippen molar-refractivity contribution in [1.82, 2.24) is 4.98 Å². The maximum Gasteiger partial charge on any atom is 0.338 e. The third kappa shape index (κ3) is 5.04. The molecule has 3 aromatic rings. The number of ether oxygens (including phenoxy) is 1. The summed E-state index contributed by atoms with van der Waals surface area (Å²) in [6.45, 7) is 3.58. The maximum absolute atomic E-state index is 12.2. The molecule has 1 aromatic heterocycles. The second kappa shape index (κ2) is 8.31. The number of benzene rings is 2. The Bertz CT molecular complexity index is 915. The topological polar surface area (TPSA) is 81.4 Å². The van der Waals surface area contributed by atoms with Gasteiger partial charge in [0.25, 0.3) is 0 Å². The summed E-state index contributed by atoms with van der Waals surface area (Å²) >= 11 is 0. The normalized spacial score (nSPS) is 10.6. The number of hydrogen-bond donors (Lipinski definition) is 1. The largest absolute Gasteiger partial charge is 0.459 e. The summed E-state index contributed by atoms with van der Waals surface area (Å²) in [4.78, 5) is 28.4. The fraction of sp³-hybridized carbons (Fsp3) is 0.190. The van der Waals surface area contributed by atoms with Crippen molar-refractivity contribution in [2.24, 2.45) is 0 Å². The maximum atomic E-state index is 12.2. The van der Waals surface area contributed by atoms with E-state index in [2.05, 4.69) is 10.3 Å². The van der Waals surface area contributed by atoms with Crippen LogP contribution in [0.3, 0.4) is 0 Å². The van der Waals surface area contributed by atoms with E-state index in [4.69, 9.17) is 9.15 Å². The van der Waals surface area contributed by atoms with Gasteiger partial charge in [0.2, 0.25) is 11.8 Å². The number of hydrogen-bond acceptors (Lipinski definition) is 5. The van der Waals surface area contributed by atoms with Gasteiger partial charge in [-0.25, -0.2) is 9.78 Å². The molecule has 3 rings (SSSR count). The first-order valence-corrected chi connectivity index (χ1v) is 8.62. The zero-order valence-electron chi connectivity index (χ0n) is 15.1. The Labute approximate surface area is 157 Å². The minimum atomic E-state index is -0.390. The van der Waals surface area contributed by atoms with Gasteiger partial charge in [-0.3, -0.25) is 4.79 Å². The van der Waals surface area contributed by atoms with E-state index in [0.717, 1.165) is 5.56 Å². The van der Waals surface area contributed by atoms with Crippen LogP contribution in [0, 0.1) is 0 Å². The van der Waals surface area contributed by atoms with Crippen molar-refractivity contribution >= 4 is 17.6 Å². The number of carbonyl (C=O) groups is 2. The van der Waals surface area contributed by atoms with Gasteiger partial charge in [0.05, 0.1) is 23.8 Å². The number of rotatable bonds is 6. The Kier molecular flexibility index (Phi) is 5.66. The quantitative estimate of drug-likeness (QED) is 0.666. The van der Waals surface area contributed by atoms with Crippen molar-refractivity contribution in [2.75, 3.05) is 5.32 Å². The predicted octanol–water partition coefficient (Wildman–Crippen LogP) is 4.09. The lowest BCUT2D eigenvalue weighted by Crippen LogP contribution is -2.15. The molecule has 1 heterocycles. The molecule has 0 aliphatic heterocycles. The predicted molar refractivity (Wildman–Crippen MR) is 101 cm³/mol. The van der Waals surface area contributed by atoms with E-state index in [0.29, 0.717) is 22.8 Å². The van der Waals surface area contributed by atoms with Crippen LogP contribution < -0.4 is 5.32 Å². The van der Waals surface area contributed by atoms with Crippen LogP contribution in [0.15, 0.2) is 65.3 Å². The zero-order valence-corrected chi connectivity index (χ0v) is 15.1. The summed E-state index contributed by atoms with van der Waals surface area (Å²) in [6, 6.07) is 16.0. The summed E-state index contributed by atoms with van der Waals surface area (Å²) in [5.41, 5.74) is 2.43. The number of aromatic nitrogens is 1. The van der Waals surface area contributed by atoms with E-state index in [1.165, 1.54) is 6.26 Å². The SMILES string of the molecule is CC(C)OC(=O)c1ccc(NC(=O)Cc2coc(-c3ccccc3)n2)cc1. The highest BCUT2D eigenvalue weighted by Crippen LogP contribution is 2.18. The molecule has 2 aromatic carbocycles. The Balaban J connectivity index is 1.58. The molecule has 138 valence electrons. The molecule has 0 saturated carbocycles. The third-order valence-electron chi connectivity index (χ3n) is 3.66. The second-order valence-corrected chi connectivity index (χ2v) is 6.27. The average Bonchev–Trinajstić information content (AvgIpc) is 3.11. The lowest BCUT2D eigenvalue weighted by atomic mass is 10.2. The summed E-state index contributed by atoms with van der Waals surface area (Å²) in [5, 5.41) is 2.77. The summed E-state index contributed by atoms with van der Waals surface area (Å²) < 4.78 is 10.6. The van der Waals surface area contributed by atoms with Gasteiger partial charge in [-0.1, -0.05) is 18.2 Å². The molecular weight excluding hydrogens is 344 g/mol. The van der Waals surface area contributed by atoms with E-state index >= 15 is 0 Å². The highest BCUT2D eigenvalue weighted by atomic mass is 16.5. The Morgan fingerprint density at radius 3 is 2.44 bits per heavy atom. The van der Waals surface area contributed by atoms with Gasteiger partial charge < -0.3 is 14.5 Å². The molecule has 6 heteroatoms. The molecular formula is C21H20N2O4. The van der Waals surface area contributed by atoms with Crippen LogP contribution in [0.1, 0.15) is 29.9 Å². The molecule has 0 fully saturated rings. The minimum absolute atomic E-state index is 0.0908. The highest BCUT2D eigenvalue weighted by Gasteiger charge is 2.12. The molecule has 0 saturated heterocycles. The first-order valence-electron chi connectivity index (χ1n) is 8.62. The van der Waals surface area contributed by atoms with Gasteiger partial charge >= 0.3 is 5.97 Å².